The monoisotopic (exact) mass is 216 g/mol. The number of nitrogens with two attached hydrogens (primary N) is 1. The van der Waals surface area contributed by atoms with Crippen LogP contribution < -0.4 is 5.73 Å². The first-order valence-corrected chi connectivity index (χ1v) is 5.87. The fraction of sp³-hybridized carbons (Fsp3) is 1.00. The van der Waals surface area contributed by atoms with E-state index in [4.69, 9.17) is 15.2 Å². The molecule has 1 aliphatic rings. The zero-order valence-electron chi connectivity index (χ0n) is 9.78. The standard InChI is InChI=1S/C11H24N2O2/c1-14-8-9-15-7-3-2-5-13-6-4-11(12)10-13/h11H,2-10,12H2,1H3. The molecular weight excluding hydrogens is 192 g/mol. The molecule has 4 heteroatoms. The van der Waals surface area contributed by atoms with Crippen LogP contribution in [0, 0.1) is 0 Å². The Balaban J connectivity index is 1.81. The number of hydrogen-bond acceptors (Lipinski definition) is 4. The predicted octanol–water partition coefficient (Wildman–Crippen LogP) is 0.463. The summed E-state index contributed by atoms with van der Waals surface area (Å²) in [5.41, 5.74) is 5.83. The summed E-state index contributed by atoms with van der Waals surface area (Å²) >= 11 is 0. The Morgan fingerprint density at radius 3 is 2.80 bits per heavy atom. The molecule has 0 bridgehead atoms. The van der Waals surface area contributed by atoms with E-state index in [0.29, 0.717) is 19.3 Å². The van der Waals surface area contributed by atoms with Crippen LogP contribution in [-0.4, -0.2) is 57.5 Å². The highest BCUT2D eigenvalue weighted by molar-refractivity contribution is 4.77. The molecule has 0 aromatic carbocycles. The van der Waals surface area contributed by atoms with Gasteiger partial charge in [-0.15, -0.1) is 0 Å². The molecule has 2 N–H and O–H groups in total. The van der Waals surface area contributed by atoms with Gasteiger partial charge in [0.2, 0.25) is 0 Å². The van der Waals surface area contributed by atoms with Gasteiger partial charge >= 0.3 is 0 Å². The molecule has 1 fully saturated rings. The van der Waals surface area contributed by atoms with Gasteiger partial charge in [0.15, 0.2) is 0 Å². The highest BCUT2D eigenvalue weighted by Gasteiger charge is 2.17. The smallest absolute Gasteiger partial charge is 0.0700 e. The number of methoxy groups -OCH3 is 1. The molecule has 0 amide bonds. The molecule has 0 saturated carbocycles. The van der Waals surface area contributed by atoms with Gasteiger partial charge < -0.3 is 20.1 Å². The van der Waals surface area contributed by atoms with Crippen molar-refractivity contribution in [3.05, 3.63) is 0 Å². The van der Waals surface area contributed by atoms with E-state index in [1.807, 2.05) is 0 Å². The second-order valence-electron chi connectivity index (χ2n) is 4.16. The normalized spacial score (nSPS) is 22.4. The SMILES string of the molecule is COCCOCCCCN1CCC(N)C1. The zero-order chi connectivity index (χ0) is 10.9. The van der Waals surface area contributed by atoms with Crippen molar-refractivity contribution < 1.29 is 9.47 Å². The van der Waals surface area contributed by atoms with Crippen molar-refractivity contribution in [3.63, 3.8) is 0 Å². The summed E-state index contributed by atoms with van der Waals surface area (Å²) < 4.78 is 10.3. The predicted molar refractivity (Wildman–Crippen MR) is 61.0 cm³/mol. The Morgan fingerprint density at radius 1 is 1.27 bits per heavy atom. The maximum atomic E-state index is 5.83. The van der Waals surface area contributed by atoms with E-state index in [0.717, 1.165) is 26.0 Å². The van der Waals surface area contributed by atoms with Crippen molar-refractivity contribution in [3.8, 4) is 0 Å². The summed E-state index contributed by atoms with van der Waals surface area (Å²) in [5.74, 6) is 0. The van der Waals surface area contributed by atoms with Gasteiger partial charge in [-0.1, -0.05) is 0 Å². The van der Waals surface area contributed by atoms with E-state index < -0.39 is 0 Å². The Bertz CT molecular complexity index is 156. The van der Waals surface area contributed by atoms with Crippen molar-refractivity contribution in [1.29, 1.82) is 0 Å². The van der Waals surface area contributed by atoms with Crippen LogP contribution >= 0.6 is 0 Å². The molecule has 1 aliphatic heterocycles. The highest BCUT2D eigenvalue weighted by atomic mass is 16.5. The Morgan fingerprint density at radius 2 is 2.13 bits per heavy atom. The lowest BCUT2D eigenvalue weighted by molar-refractivity contribution is 0.0679. The minimum Gasteiger partial charge on any atom is -0.382 e. The Kier molecular flexibility index (Phi) is 6.92. The first-order chi connectivity index (χ1) is 7.33. The molecule has 0 radical (unpaired) electrons. The lowest BCUT2D eigenvalue weighted by Crippen LogP contribution is -2.27. The van der Waals surface area contributed by atoms with Gasteiger partial charge in [0.25, 0.3) is 0 Å². The second-order valence-corrected chi connectivity index (χ2v) is 4.16. The van der Waals surface area contributed by atoms with Crippen molar-refractivity contribution in [2.45, 2.75) is 25.3 Å². The van der Waals surface area contributed by atoms with Gasteiger partial charge in [0.05, 0.1) is 13.2 Å². The number of unbranched alkanes of at least 4 members (excludes halogenated alkanes) is 1. The molecule has 1 unspecified atom stereocenters. The van der Waals surface area contributed by atoms with Crippen LogP contribution in [-0.2, 0) is 9.47 Å². The first kappa shape index (κ1) is 12.9. The van der Waals surface area contributed by atoms with Crippen LogP contribution in [0.4, 0.5) is 0 Å². The maximum absolute atomic E-state index is 5.83. The summed E-state index contributed by atoms with van der Waals surface area (Å²) in [5, 5.41) is 0. The molecule has 0 aliphatic carbocycles. The average molecular weight is 216 g/mol. The fourth-order valence-corrected chi connectivity index (χ4v) is 1.85. The third-order valence-corrected chi connectivity index (χ3v) is 2.75. The molecule has 0 aromatic rings. The lowest BCUT2D eigenvalue weighted by atomic mass is 10.3. The third kappa shape index (κ3) is 6.10. The van der Waals surface area contributed by atoms with E-state index in [2.05, 4.69) is 4.90 Å². The molecule has 0 aromatic heterocycles. The largest absolute Gasteiger partial charge is 0.382 e. The van der Waals surface area contributed by atoms with Crippen molar-refractivity contribution in [2.24, 2.45) is 5.73 Å². The molecule has 1 heterocycles. The van der Waals surface area contributed by atoms with Crippen LogP contribution in [0.1, 0.15) is 19.3 Å². The van der Waals surface area contributed by atoms with Crippen LogP contribution in [0.5, 0.6) is 0 Å². The Labute approximate surface area is 92.7 Å². The Hall–Kier alpha value is -0.160. The van der Waals surface area contributed by atoms with Crippen molar-refractivity contribution in [2.75, 3.05) is 46.6 Å². The number of rotatable bonds is 8. The van der Waals surface area contributed by atoms with E-state index in [1.165, 1.54) is 19.5 Å². The number of hydrogen-bond donors (Lipinski definition) is 1. The summed E-state index contributed by atoms with van der Waals surface area (Å²) in [6.07, 6.45) is 3.50. The maximum Gasteiger partial charge on any atom is 0.0700 e. The van der Waals surface area contributed by atoms with E-state index >= 15 is 0 Å². The third-order valence-electron chi connectivity index (χ3n) is 2.75. The highest BCUT2D eigenvalue weighted by Crippen LogP contribution is 2.07. The van der Waals surface area contributed by atoms with E-state index in [-0.39, 0.29) is 0 Å². The molecule has 15 heavy (non-hydrogen) atoms. The fourth-order valence-electron chi connectivity index (χ4n) is 1.85. The lowest BCUT2D eigenvalue weighted by Gasteiger charge is -2.14. The zero-order valence-corrected chi connectivity index (χ0v) is 9.78. The summed E-state index contributed by atoms with van der Waals surface area (Å²) in [6.45, 7) is 5.67. The van der Waals surface area contributed by atoms with Gasteiger partial charge in [0.1, 0.15) is 0 Å². The minimum absolute atomic E-state index is 0.406. The van der Waals surface area contributed by atoms with Gasteiger partial charge in [-0.05, 0) is 32.4 Å². The minimum atomic E-state index is 0.406. The second kappa shape index (κ2) is 8.05. The average Bonchev–Trinajstić information content (AvgIpc) is 2.63. The topological polar surface area (TPSA) is 47.7 Å². The summed E-state index contributed by atoms with van der Waals surface area (Å²) in [6, 6.07) is 0.406. The van der Waals surface area contributed by atoms with Crippen LogP contribution in [0.3, 0.4) is 0 Å². The van der Waals surface area contributed by atoms with Crippen molar-refractivity contribution in [1.82, 2.24) is 4.90 Å². The van der Waals surface area contributed by atoms with Gasteiger partial charge in [-0.2, -0.15) is 0 Å². The van der Waals surface area contributed by atoms with Gasteiger partial charge in [-0.3, -0.25) is 0 Å². The van der Waals surface area contributed by atoms with Crippen LogP contribution in [0.2, 0.25) is 0 Å². The van der Waals surface area contributed by atoms with Crippen LogP contribution in [0.25, 0.3) is 0 Å². The molecule has 4 nitrogen and oxygen atoms in total. The number of ether oxygens (including phenoxy) is 2. The van der Waals surface area contributed by atoms with Gasteiger partial charge in [-0.25, -0.2) is 0 Å². The van der Waals surface area contributed by atoms with E-state index in [1.54, 1.807) is 7.11 Å². The molecule has 1 saturated heterocycles. The number of nitrogens with zero attached hydrogens (tertiary/aromatic N) is 1. The van der Waals surface area contributed by atoms with Crippen molar-refractivity contribution >= 4 is 0 Å². The van der Waals surface area contributed by atoms with E-state index in [9.17, 15) is 0 Å². The first-order valence-electron chi connectivity index (χ1n) is 5.87. The molecular formula is C11H24N2O2. The molecule has 90 valence electrons. The molecule has 1 rings (SSSR count). The number of likely N-dealkylation sites (tertiary alicyclic amines) is 1. The van der Waals surface area contributed by atoms with Crippen LogP contribution in [0.15, 0.2) is 0 Å². The molecule has 0 spiro atoms. The quantitative estimate of drug-likeness (QED) is 0.599. The molecule has 1 atom stereocenters. The van der Waals surface area contributed by atoms with Gasteiger partial charge in [0, 0.05) is 26.3 Å². The summed E-state index contributed by atoms with van der Waals surface area (Å²) in [7, 11) is 1.69. The summed E-state index contributed by atoms with van der Waals surface area (Å²) in [4.78, 5) is 2.44.